The number of carbonyl (C=O) groups is 2. The maximum Gasteiger partial charge on any atom is 0.270 e. The minimum Gasteiger partial charge on any atom is -0.497 e. The lowest BCUT2D eigenvalue weighted by Gasteiger charge is -2.28. The second-order valence-electron chi connectivity index (χ2n) is 6.46. The summed E-state index contributed by atoms with van der Waals surface area (Å²) in [5, 5.41) is 3.26. The molecular formula is C22H14Cl2N2O4S. The number of hydrogen-bond donors (Lipinski definition) is 1. The molecule has 1 N–H and O–H groups in total. The van der Waals surface area contributed by atoms with Crippen LogP contribution in [0.5, 0.6) is 5.75 Å². The monoisotopic (exact) mass is 472 g/mol. The van der Waals surface area contributed by atoms with Crippen molar-refractivity contribution in [1.82, 2.24) is 5.32 Å². The van der Waals surface area contributed by atoms with Gasteiger partial charge in [-0.25, -0.2) is 0 Å². The number of furan rings is 1. The molecule has 0 radical (unpaired) electrons. The topological polar surface area (TPSA) is 71.8 Å². The predicted molar refractivity (Wildman–Crippen MR) is 123 cm³/mol. The molecule has 156 valence electrons. The molecule has 0 saturated carbocycles. The van der Waals surface area contributed by atoms with Gasteiger partial charge < -0.3 is 9.15 Å². The van der Waals surface area contributed by atoms with Crippen LogP contribution in [-0.2, 0) is 9.59 Å². The van der Waals surface area contributed by atoms with Crippen molar-refractivity contribution in [3.63, 3.8) is 0 Å². The largest absolute Gasteiger partial charge is 0.497 e. The molecule has 6 nitrogen and oxygen atoms in total. The van der Waals surface area contributed by atoms with Crippen molar-refractivity contribution >= 4 is 64.1 Å². The van der Waals surface area contributed by atoms with E-state index in [0.29, 0.717) is 38.6 Å². The van der Waals surface area contributed by atoms with Crippen LogP contribution in [0.3, 0.4) is 0 Å². The molecule has 0 atom stereocenters. The minimum atomic E-state index is -0.613. The van der Waals surface area contributed by atoms with Gasteiger partial charge in [-0.1, -0.05) is 29.3 Å². The van der Waals surface area contributed by atoms with Crippen LogP contribution in [0.2, 0.25) is 10.0 Å². The molecule has 1 aromatic heterocycles. The Balaban J connectivity index is 1.67. The van der Waals surface area contributed by atoms with Crippen molar-refractivity contribution in [3.05, 3.63) is 76.0 Å². The van der Waals surface area contributed by atoms with Crippen molar-refractivity contribution in [2.75, 3.05) is 12.0 Å². The lowest BCUT2D eigenvalue weighted by atomic mass is 10.1. The second-order valence-corrected chi connectivity index (χ2v) is 7.63. The summed E-state index contributed by atoms with van der Waals surface area (Å²) in [7, 11) is 1.54. The lowest BCUT2D eigenvalue weighted by Crippen LogP contribution is -2.54. The number of nitrogens with one attached hydrogen (secondary N) is 1. The van der Waals surface area contributed by atoms with Crippen molar-refractivity contribution in [2.45, 2.75) is 0 Å². The van der Waals surface area contributed by atoms with Crippen LogP contribution in [0.15, 0.2) is 64.6 Å². The standard InChI is InChI=1S/C22H14Cl2N2O4S/c1-29-13-7-5-12(6-8-13)26-21(28)16(20(27)25-22(26)31)11-14-9-10-18(30-14)15-3-2-4-17(23)19(15)24/h2-11H,1H3,(H,25,27,31)/b16-11-. The first-order valence-electron chi connectivity index (χ1n) is 8.99. The number of thiocarbonyl (C=S) groups is 1. The van der Waals surface area contributed by atoms with Gasteiger partial charge in [0.2, 0.25) is 0 Å². The van der Waals surface area contributed by atoms with Crippen LogP contribution in [0.1, 0.15) is 5.76 Å². The number of halogens is 2. The summed E-state index contributed by atoms with van der Waals surface area (Å²) in [6, 6.07) is 15.2. The SMILES string of the molecule is COc1ccc(N2C(=O)/C(=C\c3ccc(-c4cccc(Cl)c4Cl)o3)C(=O)NC2=S)cc1. The van der Waals surface area contributed by atoms with Gasteiger partial charge in [0, 0.05) is 5.56 Å². The third-order valence-electron chi connectivity index (χ3n) is 4.56. The Morgan fingerprint density at radius 3 is 2.52 bits per heavy atom. The van der Waals surface area contributed by atoms with E-state index in [2.05, 4.69) is 5.32 Å². The number of ether oxygens (including phenoxy) is 1. The fraction of sp³-hybridized carbons (Fsp3) is 0.0455. The van der Waals surface area contributed by atoms with E-state index in [9.17, 15) is 9.59 Å². The number of amides is 2. The summed E-state index contributed by atoms with van der Waals surface area (Å²) < 4.78 is 10.9. The van der Waals surface area contributed by atoms with Gasteiger partial charge in [-0.3, -0.25) is 19.8 Å². The number of rotatable bonds is 4. The number of benzene rings is 2. The van der Waals surface area contributed by atoms with Crippen LogP contribution in [0.4, 0.5) is 5.69 Å². The Labute approximate surface area is 193 Å². The van der Waals surface area contributed by atoms with Crippen molar-refractivity contribution in [2.24, 2.45) is 0 Å². The van der Waals surface area contributed by atoms with E-state index in [4.69, 9.17) is 44.6 Å². The highest BCUT2D eigenvalue weighted by atomic mass is 35.5. The zero-order valence-corrected chi connectivity index (χ0v) is 18.3. The van der Waals surface area contributed by atoms with Gasteiger partial charge in [0.1, 0.15) is 22.8 Å². The molecule has 2 heterocycles. The van der Waals surface area contributed by atoms with Gasteiger partial charge in [0.15, 0.2) is 5.11 Å². The first-order chi connectivity index (χ1) is 14.9. The summed E-state index contributed by atoms with van der Waals surface area (Å²) >= 11 is 17.5. The Morgan fingerprint density at radius 1 is 1.06 bits per heavy atom. The van der Waals surface area contributed by atoms with Gasteiger partial charge in [0.05, 0.1) is 22.8 Å². The number of carbonyl (C=O) groups excluding carboxylic acids is 2. The predicted octanol–water partition coefficient (Wildman–Crippen LogP) is 5.09. The second kappa shape index (κ2) is 8.55. The Kier molecular flexibility index (Phi) is 5.82. The highest BCUT2D eigenvalue weighted by Crippen LogP contribution is 2.35. The maximum atomic E-state index is 13.1. The van der Waals surface area contributed by atoms with E-state index in [-0.39, 0.29) is 10.7 Å². The van der Waals surface area contributed by atoms with Gasteiger partial charge in [-0.2, -0.15) is 0 Å². The van der Waals surface area contributed by atoms with Gasteiger partial charge in [0.25, 0.3) is 11.8 Å². The summed E-state index contributed by atoms with van der Waals surface area (Å²) in [4.78, 5) is 26.8. The average Bonchev–Trinajstić information content (AvgIpc) is 3.22. The molecule has 1 aliphatic heterocycles. The molecule has 1 saturated heterocycles. The summed E-state index contributed by atoms with van der Waals surface area (Å²) in [6.07, 6.45) is 1.36. The number of anilines is 1. The molecule has 0 spiro atoms. The summed E-state index contributed by atoms with van der Waals surface area (Å²) in [5.74, 6) is 0.190. The van der Waals surface area contributed by atoms with E-state index < -0.39 is 11.8 Å². The zero-order chi connectivity index (χ0) is 22.1. The molecule has 9 heteroatoms. The number of nitrogens with zero attached hydrogens (tertiary/aromatic N) is 1. The van der Waals surface area contributed by atoms with E-state index in [1.54, 1.807) is 61.7 Å². The number of hydrogen-bond acceptors (Lipinski definition) is 5. The lowest BCUT2D eigenvalue weighted by molar-refractivity contribution is -0.122. The third kappa shape index (κ3) is 4.07. The molecule has 0 unspecified atom stereocenters. The first kappa shape index (κ1) is 21.1. The fourth-order valence-electron chi connectivity index (χ4n) is 3.03. The molecule has 1 fully saturated rings. The van der Waals surface area contributed by atoms with Gasteiger partial charge >= 0.3 is 0 Å². The molecule has 2 amide bonds. The highest BCUT2D eigenvalue weighted by Gasteiger charge is 2.34. The molecule has 0 bridgehead atoms. The van der Waals surface area contributed by atoms with E-state index in [1.165, 1.54) is 11.0 Å². The molecule has 1 aliphatic rings. The normalized spacial score (nSPS) is 15.4. The minimum absolute atomic E-state index is 0.0110. The van der Waals surface area contributed by atoms with Crippen molar-refractivity contribution in [1.29, 1.82) is 0 Å². The van der Waals surface area contributed by atoms with Crippen molar-refractivity contribution in [3.8, 4) is 17.1 Å². The highest BCUT2D eigenvalue weighted by molar-refractivity contribution is 7.80. The van der Waals surface area contributed by atoms with Gasteiger partial charge in [-0.15, -0.1) is 0 Å². The van der Waals surface area contributed by atoms with Crippen LogP contribution in [0, 0.1) is 0 Å². The van der Waals surface area contributed by atoms with E-state index >= 15 is 0 Å². The maximum absolute atomic E-state index is 13.1. The Morgan fingerprint density at radius 2 is 1.81 bits per heavy atom. The molecule has 4 rings (SSSR count). The van der Waals surface area contributed by atoms with Gasteiger partial charge in [-0.05, 0) is 66.8 Å². The van der Waals surface area contributed by atoms with Crippen LogP contribution >= 0.6 is 35.4 Å². The summed E-state index contributed by atoms with van der Waals surface area (Å²) in [6.45, 7) is 0. The average molecular weight is 473 g/mol. The smallest absolute Gasteiger partial charge is 0.270 e. The quantitative estimate of drug-likeness (QED) is 0.325. The molecule has 2 aromatic carbocycles. The molecule has 3 aromatic rings. The molecular weight excluding hydrogens is 459 g/mol. The first-order valence-corrected chi connectivity index (χ1v) is 10.1. The zero-order valence-electron chi connectivity index (χ0n) is 16.0. The van der Waals surface area contributed by atoms with E-state index in [1.807, 2.05) is 0 Å². The molecule has 0 aliphatic carbocycles. The number of methoxy groups -OCH3 is 1. The summed E-state index contributed by atoms with van der Waals surface area (Å²) in [5.41, 5.74) is 0.967. The Hall–Kier alpha value is -3.13. The van der Waals surface area contributed by atoms with Crippen LogP contribution < -0.4 is 15.0 Å². The van der Waals surface area contributed by atoms with Crippen LogP contribution in [-0.4, -0.2) is 24.0 Å². The van der Waals surface area contributed by atoms with E-state index in [0.717, 1.165) is 0 Å². The van der Waals surface area contributed by atoms with Crippen LogP contribution in [0.25, 0.3) is 17.4 Å². The molecule has 31 heavy (non-hydrogen) atoms. The van der Waals surface area contributed by atoms with Crippen molar-refractivity contribution < 1.29 is 18.7 Å². The third-order valence-corrected chi connectivity index (χ3v) is 5.67. The fourth-order valence-corrected chi connectivity index (χ4v) is 3.71. The Bertz CT molecular complexity index is 1230.